The van der Waals surface area contributed by atoms with Crippen molar-refractivity contribution in [3.63, 3.8) is 0 Å². The van der Waals surface area contributed by atoms with Crippen molar-refractivity contribution in [2.75, 3.05) is 18.6 Å². The lowest BCUT2D eigenvalue weighted by molar-refractivity contribution is -0.139. The first kappa shape index (κ1) is 16.1. The fourth-order valence-corrected chi connectivity index (χ4v) is 2.77. The lowest BCUT2D eigenvalue weighted by Crippen LogP contribution is -2.53. The summed E-state index contributed by atoms with van der Waals surface area (Å²) in [7, 11) is 0. The van der Waals surface area contributed by atoms with Crippen LogP contribution in [0.4, 0.5) is 4.79 Å². The largest absolute Gasteiger partial charge is 0.480 e. The molecule has 1 aliphatic heterocycles. The molecule has 5 nitrogen and oxygen atoms in total. The van der Waals surface area contributed by atoms with Crippen LogP contribution in [-0.4, -0.2) is 52.6 Å². The molecule has 1 rings (SSSR count). The van der Waals surface area contributed by atoms with Gasteiger partial charge in [0, 0.05) is 12.6 Å². The predicted octanol–water partition coefficient (Wildman–Crippen LogP) is 2.02. The third-order valence-corrected chi connectivity index (χ3v) is 4.23. The molecule has 0 aromatic carbocycles. The summed E-state index contributed by atoms with van der Waals surface area (Å²) >= 11 is 1.58. The van der Waals surface area contributed by atoms with E-state index in [1.807, 2.05) is 13.2 Å². The van der Waals surface area contributed by atoms with E-state index in [9.17, 15) is 9.59 Å². The van der Waals surface area contributed by atoms with Gasteiger partial charge < -0.3 is 15.3 Å². The molecule has 1 heterocycles. The number of piperidine rings is 1. The van der Waals surface area contributed by atoms with Crippen LogP contribution in [-0.2, 0) is 4.79 Å². The maximum absolute atomic E-state index is 12.2. The maximum Gasteiger partial charge on any atom is 0.326 e. The molecule has 6 heteroatoms. The van der Waals surface area contributed by atoms with Crippen LogP contribution in [0.5, 0.6) is 0 Å². The average molecular weight is 288 g/mol. The van der Waals surface area contributed by atoms with E-state index >= 15 is 0 Å². The predicted molar refractivity (Wildman–Crippen MR) is 77.5 cm³/mol. The Hall–Kier alpha value is -0.910. The van der Waals surface area contributed by atoms with Crippen molar-refractivity contribution in [1.82, 2.24) is 10.2 Å². The average Bonchev–Trinajstić information content (AvgIpc) is 2.36. The second-order valence-electron chi connectivity index (χ2n) is 5.31. The van der Waals surface area contributed by atoms with Gasteiger partial charge in [-0.25, -0.2) is 9.59 Å². The van der Waals surface area contributed by atoms with Crippen LogP contribution in [0, 0.1) is 5.92 Å². The summed E-state index contributed by atoms with van der Waals surface area (Å²) in [6, 6.07) is -0.844. The number of carbonyl (C=O) groups is 2. The molecule has 0 aliphatic carbocycles. The van der Waals surface area contributed by atoms with E-state index in [0.717, 1.165) is 18.6 Å². The SMILES string of the molecule is CSCC[C@@H](NC(=O)N1CC(C)CCC1C)C(=O)O. The number of nitrogens with zero attached hydrogens (tertiary/aromatic N) is 1. The van der Waals surface area contributed by atoms with E-state index in [-0.39, 0.29) is 12.1 Å². The lowest BCUT2D eigenvalue weighted by Gasteiger charge is -2.37. The van der Waals surface area contributed by atoms with Gasteiger partial charge in [-0.2, -0.15) is 11.8 Å². The number of carboxylic acid groups (broad SMARTS) is 1. The number of thioether (sulfide) groups is 1. The minimum atomic E-state index is -0.958. The van der Waals surface area contributed by atoms with Gasteiger partial charge in [-0.3, -0.25) is 0 Å². The quantitative estimate of drug-likeness (QED) is 0.812. The van der Waals surface area contributed by atoms with Crippen molar-refractivity contribution in [2.24, 2.45) is 5.92 Å². The van der Waals surface area contributed by atoms with Gasteiger partial charge in [0.05, 0.1) is 0 Å². The van der Waals surface area contributed by atoms with Crippen molar-refractivity contribution in [2.45, 2.75) is 45.2 Å². The first-order valence-corrected chi connectivity index (χ1v) is 8.14. The molecular weight excluding hydrogens is 264 g/mol. The zero-order valence-electron chi connectivity index (χ0n) is 11.9. The summed E-state index contributed by atoms with van der Waals surface area (Å²) in [5, 5.41) is 11.8. The summed E-state index contributed by atoms with van der Waals surface area (Å²) in [6.45, 7) is 4.85. The molecule has 2 unspecified atom stereocenters. The second kappa shape index (κ2) is 7.62. The van der Waals surface area contributed by atoms with Crippen molar-refractivity contribution in [1.29, 1.82) is 0 Å². The molecule has 2 N–H and O–H groups in total. The number of amides is 2. The van der Waals surface area contributed by atoms with Crippen molar-refractivity contribution in [3.8, 4) is 0 Å². The standard InChI is InChI=1S/C13H24N2O3S/c1-9-4-5-10(2)15(8-9)13(18)14-11(12(16)17)6-7-19-3/h9-11H,4-8H2,1-3H3,(H,14,18)(H,16,17)/t9?,10?,11-/m1/s1. The molecule has 0 aromatic heterocycles. The van der Waals surface area contributed by atoms with Gasteiger partial charge in [-0.05, 0) is 44.1 Å². The van der Waals surface area contributed by atoms with Gasteiger partial charge in [0.15, 0.2) is 0 Å². The molecular formula is C13H24N2O3S. The molecule has 0 bridgehead atoms. The highest BCUT2D eigenvalue weighted by Gasteiger charge is 2.29. The number of aliphatic carboxylic acids is 1. The van der Waals surface area contributed by atoms with Crippen LogP contribution in [0.1, 0.15) is 33.1 Å². The first-order chi connectivity index (χ1) is 8.95. The maximum atomic E-state index is 12.2. The summed E-state index contributed by atoms with van der Waals surface area (Å²) in [6.07, 6.45) is 4.49. The minimum Gasteiger partial charge on any atom is -0.480 e. The topological polar surface area (TPSA) is 69.6 Å². The van der Waals surface area contributed by atoms with E-state index < -0.39 is 12.0 Å². The summed E-state index contributed by atoms with van der Waals surface area (Å²) < 4.78 is 0. The highest BCUT2D eigenvalue weighted by atomic mass is 32.2. The number of carboxylic acids is 1. The number of urea groups is 1. The Balaban J connectivity index is 2.57. The molecule has 3 atom stereocenters. The molecule has 1 saturated heterocycles. The van der Waals surface area contributed by atoms with Crippen molar-refractivity contribution in [3.05, 3.63) is 0 Å². The number of hydrogen-bond donors (Lipinski definition) is 2. The lowest BCUT2D eigenvalue weighted by atomic mass is 9.95. The molecule has 0 radical (unpaired) electrons. The Morgan fingerprint density at radius 2 is 2.11 bits per heavy atom. The van der Waals surface area contributed by atoms with Crippen LogP contribution in [0.3, 0.4) is 0 Å². The number of carbonyl (C=O) groups excluding carboxylic acids is 1. The number of rotatable bonds is 5. The molecule has 1 aliphatic rings. The van der Waals surface area contributed by atoms with Gasteiger partial charge in [0.25, 0.3) is 0 Å². The highest BCUT2D eigenvalue weighted by molar-refractivity contribution is 7.98. The molecule has 0 saturated carbocycles. The van der Waals surface area contributed by atoms with Crippen molar-refractivity contribution >= 4 is 23.8 Å². The van der Waals surface area contributed by atoms with E-state index in [0.29, 0.717) is 18.9 Å². The second-order valence-corrected chi connectivity index (χ2v) is 6.29. The molecule has 19 heavy (non-hydrogen) atoms. The first-order valence-electron chi connectivity index (χ1n) is 6.74. The number of likely N-dealkylation sites (tertiary alicyclic amines) is 1. The van der Waals surface area contributed by atoms with E-state index in [2.05, 4.69) is 12.2 Å². The van der Waals surface area contributed by atoms with E-state index in [1.165, 1.54) is 0 Å². The van der Waals surface area contributed by atoms with Crippen LogP contribution < -0.4 is 5.32 Å². The van der Waals surface area contributed by atoms with Gasteiger partial charge in [-0.15, -0.1) is 0 Å². The number of hydrogen-bond acceptors (Lipinski definition) is 3. The Morgan fingerprint density at radius 3 is 2.68 bits per heavy atom. The minimum absolute atomic E-state index is 0.186. The fraction of sp³-hybridized carbons (Fsp3) is 0.846. The fourth-order valence-electron chi connectivity index (χ4n) is 2.30. The summed E-state index contributed by atoms with van der Waals surface area (Å²) in [5.74, 6) is 0.250. The monoisotopic (exact) mass is 288 g/mol. The Kier molecular flexibility index (Phi) is 6.48. The molecule has 0 aromatic rings. The smallest absolute Gasteiger partial charge is 0.326 e. The normalized spacial score (nSPS) is 24.9. The molecule has 110 valence electrons. The number of nitrogens with one attached hydrogen (secondary N) is 1. The third-order valence-electron chi connectivity index (χ3n) is 3.58. The van der Waals surface area contributed by atoms with Crippen molar-refractivity contribution < 1.29 is 14.7 Å². The Morgan fingerprint density at radius 1 is 1.42 bits per heavy atom. The third kappa shape index (κ3) is 4.93. The zero-order chi connectivity index (χ0) is 14.4. The summed E-state index contributed by atoms with van der Waals surface area (Å²) in [5.41, 5.74) is 0. The highest BCUT2D eigenvalue weighted by Crippen LogP contribution is 2.21. The Bertz CT molecular complexity index is 325. The zero-order valence-corrected chi connectivity index (χ0v) is 12.7. The van der Waals surface area contributed by atoms with Gasteiger partial charge >= 0.3 is 12.0 Å². The van der Waals surface area contributed by atoms with Gasteiger partial charge in [0.2, 0.25) is 0 Å². The van der Waals surface area contributed by atoms with Crippen LogP contribution >= 0.6 is 11.8 Å². The molecule has 2 amide bonds. The van der Waals surface area contributed by atoms with Crippen LogP contribution in [0.15, 0.2) is 0 Å². The van der Waals surface area contributed by atoms with Gasteiger partial charge in [-0.1, -0.05) is 6.92 Å². The van der Waals surface area contributed by atoms with E-state index in [4.69, 9.17) is 5.11 Å². The Labute approximate surface area is 119 Å². The van der Waals surface area contributed by atoms with E-state index in [1.54, 1.807) is 16.7 Å². The van der Waals surface area contributed by atoms with Crippen LogP contribution in [0.2, 0.25) is 0 Å². The molecule has 0 spiro atoms. The van der Waals surface area contributed by atoms with Gasteiger partial charge in [0.1, 0.15) is 6.04 Å². The summed E-state index contributed by atoms with van der Waals surface area (Å²) in [4.78, 5) is 25.1. The molecule has 1 fully saturated rings. The van der Waals surface area contributed by atoms with Crippen LogP contribution in [0.25, 0.3) is 0 Å².